The van der Waals surface area contributed by atoms with Gasteiger partial charge in [-0.3, -0.25) is 9.69 Å². The molecule has 7 nitrogen and oxygen atoms in total. The SMILES string of the molecule is O=C(OCC(=O)N1CCNC1=O)c1ccc(O)cc1. The first-order chi connectivity index (χ1) is 9.08. The van der Waals surface area contributed by atoms with Gasteiger partial charge >= 0.3 is 12.0 Å². The molecule has 1 aliphatic heterocycles. The Hall–Kier alpha value is -2.57. The lowest BCUT2D eigenvalue weighted by Gasteiger charge is -2.12. The monoisotopic (exact) mass is 264 g/mol. The molecule has 1 aliphatic rings. The Bertz CT molecular complexity index is 511. The molecule has 1 heterocycles. The number of aromatic hydroxyl groups is 1. The summed E-state index contributed by atoms with van der Waals surface area (Å²) < 4.78 is 4.80. The summed E-state index contributed by atoms with van der Waals surface area (Å²) in [7, 11) is 0. The summed E-state index contributed by atoms with van der Waals surface area (Å²) in [5.41, 5.74) is 0.219. The molecule has 2 N–H and O–H groups in total. The molecule has 3 amide bonds. The number of esters is 1. The number of hydrogen-bond donors (Lipinski definition) is 2. The van der Waals surface area contributed by atoms with E-state index in [0.29, 0.717) is 6.54 Å². The number of urea groups is 1. The number of rotatable bonds is 3. The van der Waals surface area contributed by atoms with E-state index in [1.165, 1.54) is 24.3 Å². The summed E-state index contributed by atoms with van der Waals surface area (Å²) in [6.07, 6.45) is 0. The molecule has 19 heavy (non-hydrogen) atoms. The molecule has 0 bridgehead atoms. The maximum absolute atomic E-state index is 11.6. The van der Waals surface area contributed by atoms with E-state index in [4.69, 9.17) is 9.84 Å². The van der Waals surface area contributed by atoms with Crippen LogP contribution >= 0.6 is 0 Å². The molecule has 0 spiro atoms. The molecule has 0 radical (unpaired) electrons. The molecule has 1 aromatic carbocycles. The number of phenols is 1. The van der Waals surface area contributed by atoms with Crippen LogP contribution in [0.3, 0.4) is 0 Å². The fourth-order valence-electron chi connectivity index (χ4n) is 1.60. The highest BCUT2D eigenvalue weighted by Gasteiger charge is 2.26. The lowest BCUT2D eigenvalue weighted by molar-refractivity contribution is -0.130. The summed E-state index contributed by atoms with van der Waals surface area (Å²) in [5.74, 6) is -1.23. The number of hydrogen-bond acceptors (Lipinski definition) is 5. The van der Waals surface area contributed by atoms with Gasteiger partial charge in [0.2, 0.25) is 0 Å². The number of phenolic OH excluding ortho intramolecular Hbond substituents is 1. The van der Waals surface area contributed by atoms with Crippen LogP contribution in [0, 0.1) is 0 Å². The van der Waals surface area contributed by atoms with Crippen LogP contribution in [-0.2, 0) is 9.53 Å². The van der Waals surface area contributed by atoms with Gasteiger partial charge in [-0.1, -0.05) is 0 Å². The van der Waals surface area contributed by atoms with Crippen LogP contribution in [0.4, 0.5) is 4.79 Å². The lowest BCUT2D eigenvalue weighted by Crippen LogP contribution is -2.37. The Morgan fingerprint density at radius 1 is 1.32 bits per heavy atom. The Morgan fingerprint density at radius 3 is 2.58 bits per heavy atom. The van der Waals surface area contributed by atoms with Crippen LogP contribution in [0.15, 0.2) is 24.3 Å². The van der Waals surface area contributed by atoms with Gasteiger partial charge in [-0.25, -0.2) is 9.59 Å². The van der Waals surface area contributed by atoms with Crippen LogP contribution in [-0.4, -0.2) is 47.6 Å². The second-order valence-electron chi connectivity index (χ2n) is 3.90. The van der Waals surface area contributed by atoms with Gasteiger partial charge in [0.1, 0.15) is 5.75 Å². The number of benzene rings is 1. The van der Waals surface area contributed by atoms with Gasteiger partial charge in [0.15, 0.2) is 6.61 Å². The Morgan fingerprint density at radius 2 is 2.00 bits per heavy atom. The molecular formula is C12H12N2O5. The van der Waals surface area contributed by atoms with E-state index >= 15 is 0 Å². The smallest absolute Gasteiger partial charge is 0.338 e. The van der Waals surface area contributed by atoms with Crippen molar-refractivity contribution >= 4 is 17.9 Å². The van der Waals surface area contributed by atoms with Crippen molar-refractivity contribution in [1.29, 1.82) is 0 Å². The third-order valence-electron chi connectivity index (χ3n) is 2.59. The molecule has 1 aromatic rings. The number of nitrogens with one attached hydrogen (secondary N) is 1. The van der Waals surface area contributed by atoms with Gasteiger partial charge in [0, 0.05) is 13.1 Å². The minimum Gasteiger partial charge on any atom is -0.508 e. The first-order valence-corrected chi connectivity index (χ1v) is 5.62. The highest BCUT2D eigenvalue weighted by atomic mass is 16.5. The lowest BCUT2D eigenvalue weighted by atomic mass is 10.2. The Labute approximate surface area is 108 Å². The van der Waals surface area contributed by atoms with Gasteiger partial charge in [-0.2, -0.15) is 0 Å². The van der Waals surface area contributed by atoms with Crippen molar-refractivity contribution in [3.63, 3.8) is 0 Å². The highest BCUT2D eigenvalue weighted by Crippen LogP contribution is 2.10. The average molecular weight is 264 g/mol. The average Bonchev–Trinajstić information content (AvgIpc) is 2.83. The summed E-state index contributed by atoms with van der Waals surface area (Å²) in [6, 6.07) is 4.96. The molecule has 1 fully saturated rings. The maximum Gasteiger partial charge on any atom is 0.338 e. The Kier molecular flexibility index (Phi) is 3.65. The standard InChI is InChI=1S/C12H12N2O5/c15-9-3-1-8(2-4-9)11(17)19-7-10(16)14-6-5-13-12(14)18/h1-4,15H,5-7H2,(H,13,18). The first kappa shape index (κ1) is 12.9. The van der Waals surface area contributed by atoms with E-state index in [1.54, 1.807) is 0 Å². The highest BCUT2D eigenvalue weighted by molar-refractivity contribution is 5.98. The van der Waals surface area contributed by atoms with E-state index in [1.807, 2.05) is 0 Å². The zero-order valence-corrected chi connectivity index (χ0v) is 9.96. The third kappa shape index (κ3) is 3.01. The van der Waals surface area contributed by atoms with Gasteiger partial charge in [0.25, 0.3) is 5.91 Å². The summed E-state index contributed by atoms with van der Waals surface area (Å²) in [5, 5.41) is 11.5. The topological polar surface area (TPSA) is 95.9 Å². The van der Waals surface area contributed by atoms with Crippen molar-refractivity contribution in [1.82, 2.24) is 10.2 Å². The third-order valence-corrected chi connectivity index (χ3v) is 2.59. The van der Waals surface area contributed by atoms with Crippen molar-refractivity contribution in [3.05, 3.63) is 29.8 Å². The van der Waals surface area contributed by atoms with Crippen molar-refractivity contribution in [3.8, 4) is 5.75 Å². The predicted molar refractivity (Wildman–Crippen MR) is 63.5 cm³/mol. The zero-order valence-electron chi connectivity index (χ0n) is 9.96. The van der Waals surface area contributed by atoms with Crippen LogP contribution < -0.4 is 5.32 Å². The molecule has 0 saturated carbocycles. The number of imide groups is 1. The largest absolute Gasteiger partial charge is 0.508 e. The summed E-state index contributed by atoms with van der Waals surface area (Å²) >= 11 is 0. The fraction of sp³-hybridized carbons (Fsp3) is 0.250. The minimum atomic E-state index is -0.687. The summed E-state index contributed by atoms with van der Waals surface area (Å²) in [6.45, 7) is 0.179. The number of nitrogens with zero attached hydrogens (tertiary/aromatic N) is 1. The second-order valence-corrected chi connectivity index (χ2v) is 3.90. The fourth-order valence-corrected chi connectivity index (χ4v) is 1.60. The van der Waals surface area contributed by atoms with E-state index in [0.717, 1.165) is 4.90 Å². The predicted octanol–water partition coefficient (Wildman–Crippen LogP) is 0.101. The van der Waals surface area contributed by atoms with E-state index in [-0.39, 0.29) is 17.9 Å². The van der Waals surface area contributed by atoms with Crippen LogP contribution in [0.2, 0.25) is 0 Å². The van der Waals surface area contributed by atoms with Gasteiger partial charge in [0.05, 0.1) is 5.56 Å². The quantitative estimate of drug-likeness (QED) is 0.755. The summed E-state index contributed by atoms with van der Waals surface area (Å²) in [4.78, 5) is 35.4. The molecule has 2 rings (SSSR count). The zero-order chi connectivity index (χ0) is 13.8. The minimum absolute atomic E-state index is 0.0290. The molecule has 7 heteroatoms. The van der Waals surface area contributed by atoms with Crippen molar-refractivity contribution < 1.29 is 24.2 Å². The molecular weight excluding hydrogens is 252 g/mol. The van der Waals surface area contributed by atoms with Gasteiger partial charge < -0.3 is 15.2 Å². The van der Waals surface area contributed by atoms with Crippen molar-refractivity contribution in [2.24, 2.45) is 0 Å². The van der Waals surface area contributed by atoms with Crippen LogP contribution in [0.5, 0.6) is 5.75 Å². The molecule has 0 unspecified atom stereocenters. The van der Waals surface area contributed by atoms with Crippen LogP contribution in [0.1, 0.15) is 10.4 Å². The second kappa shape index (κ2) is 5.38. The first-order valence-electron chi connectivity index (χ1n) is 5.62. The van der Waals surface area contributed by atoms with Crippen LogP contribution in [0.25, 0.3) is 0 Å². The van der Waals surface area contributed by atoms with Gasteiger partial charge in [-0.15, -0.1) is 0 Å². The Balaban J connectivity index is 1.88. The van der Waals surface area contributed by atoms with Gasteiger partial charge in [-0.05, 0) is 24.3 Å². The molecule has 0 aromatic heterocycles. The van der Waals surface area contributed by atoms with E-state index in [9.17, 15) is 14.4 Å². The van der Waals surface area contributed by atoms with Crippen molar-refractivity contribution in [2.45, 2.75) is 0 Å². The van der Waals surface area contributed by atoms with Crippen molar-refractivity contribution in [2.75, 3.05) is 19.7 Å². The molecule has 1 saturated heterocycles. The van der Waals surface area contributed by atoms with E-state index < -0.39 is 24.5 Å². The van der Waals surface area contributed by atoms with E-state index in [2.05, 4.69) is 5.32 Å². The molecule has 0 aliphatic carbocycles. The number of ether oxygens (including phenoxy) is 1. The number of amides is 3. The maximum atomic E-state index is 11.6. The molecule has 100 valence electrons. The number of carbonyl (C=O) groups excluding carboxylic acids is 3. The normalized spacial score (nSPS) is 14.1. The molecule has 0 atom stereocenters. The number of carbonyl (C=O) groups is 3.